The van der Waals surface area contributed by atoms with Crippen LogP contribution in [0.3, 0.4) is 0 Å². The Balaban J connectivity index is 2.23. The van der Waals surface area contributed by atoms with E-state index in [0.717, 1.165) is 10.6 Å². The van der Waals surface area contributed by atoms with E-state index in [1.807, 2.05) is 30.5 Å². The quantitative estimate of drug-likeness (QED) is 0.737. The molecule has 0 aliphatic carbocycles. The maximum absolute atomic E-state index is 11.9. The molecule has 3 rings (SSSR count). The molecule has 6 heteroatoms. The molecular weight excluding hydrogens is 248 g/mol. The number of thiophene rings is 1. The lowest BCUT2D eigenvalue weighted by Gasteiger charge is -2.03. The van der Waals surface area contributed by atoms with Crippen LogP contribution in [0.1, 0.15) is 18.7 Å². The molecule has 0 aliphatic rings. The number of hydrogen-bond acceptors (Lipinski definition) is 4. The fourth-order valence-corrected chi connectivity index (χ4v) is 2.49. The molecule has 0 aromatic carbocycles. The second-order valence-electron chi connectivity index (χ2n) is 4.15. The molecule has 0 unspecified atom stereocenters. The third-order valence-electron chi connectivity index (χ3n) is 2.72. The summed E-state index contributed by atoms with van der Waals surface area (Å²) >= 11 is 1.61. The number of aromatic nitrogens is 3. The summed E-state index contributed by atoms with van der Waals surface area (Å²) in [5.74, 6) is 0. The molecule has 3 N–H and O–H groups in total. The first kappa shape index (κ1) is 11.2. The zero-order valence-corrected chi connectivity index (χ0v) is 10.6. The van der Waals surface area contributed by atoms with Gasteiger partial charge in [-0.3, -0.25) is 9.89 Å². The second kappa shape index (κ2) is 4.08. The zero-order chi connectivity index (χ0) is 12.7. The van der Waals surface area contributed by atoms with Gasteiger partial charge in [0, 0.05) is 18.2 Å². The van der Waals surface area contributed by atoms with Crippen LogP contribution in [0.2, 0.25) is 0 Å². The normalized spacial score (nSPS) is 13.0. The minimum absolute atomic E-state index is 0.143. The van der Waals surface area contributed by atoms with Crippen molar-refractivity contribution in [3.05, 3.63) is 45.7 Å². The molecule has 92 valence electrons. The van der Waals surface area contributed by atoms with Crippen LogP contribution < -0.4 is 11.3 Å². The van der Waals surface area contributed by atoms with E-state index in [0.29, 0.717) is 11.3 Å². The summed E-state index contributed by atoms with van der Waals surface area (Å²) in [6.45, 7) is 1.81. The molecule has 3 heterocycles. The highest BCUT2D eigenvalue weighted by molar-refractivity contribution is 7.13. The maximum atomic E-state index is 11.9. The lowest BCUT2D eigenvalue weighted by atomic mass is 10.2. The van der Waals surface area contributed by atoms with Gasteiger partial charge in [-0.1, -0.05) is 6.07 Å². The fourth-order valence-electron chi connectivity index (χ4n) is 1.80. The molecule has 5 nitrogen and oxygen atoms in total. The van der Waals surface area contributed by atoms with Gasteiger partial charge in [0.05, 0.1) is 16.3 Å². The molecule has 0 radical (unpaired) electrons. The molecule has 0 spiro atoms. The Labute approximate surface area is 107 Å². The Morgan fingerprint density at radius 1 is 1.50 bits per heavy atom. The SMILES string of the molecule is C[C@H](N)c1cc(=O)n2[nH]c(-c3cccs3)cc2n1. The molecule has 0 aliphatic heterocycles. The number of nitrogens with zero attached hydrogens (tertiary/aromatic N) is 2. The molecule has 1 atom stereocenters. The maximum Gasteiger partial charge on any atom is 0.272 e. The van der Waals surface area contributed by atoms with Crippen LogP contribution >= 0.6 is 11.3 Å². The predicted molar refractivity (Wildman–Crippen MR) is 71.7 cm³/mol. The van der Waals surface area contributed by atoms with Gasteiger partial charge in [0.2, 0.25) is 0 Å². The van der Waals surface area contributed by atoms with Crippen molar-refractivity contribution < 1.29 is 0 Å². The molecule has 0 fully saturated rings. The van der Waals surface area contributed by atoms with Crippen LogP contribution in [0.25, 0.3) is 16.2 Å². The van der Waals surface area contributed by atoms with Gasteiger partial charge in [0.1, 0.15) is 0 Å². The van der Waals surface area contributed by atoms with Gasteiger partial charge >= 0.3 is 0 Å². The molecule has 0 saturated carbocycles. The third kappa shape index (κ3) is 1.75. The van der Waals surface area contributed by atoms with E-state index in [-0.39, 0.29) is 11.6 Å². The first-order valence-corrected chi connectivity index (χ1v) is 6.45. The van der Waals surface area contributed by atoms with Crippen molar-refractivity contribution >= 4 is 17.0 Å². The van der Waals surface area contributed by atoms with Crippen LogP contribution in [0, 0.1) is 0 Å². The topological polar surface area (TPSA) is 76.2 Å². The minimum Gasteiger partial charge on any atom is -0.323 e. The minimum atomic E-state index is -0.247. The van der Waals surface area contributed by atoms with Crippen molar-refractivity contribution in [2.45, 2.75) is 13.0 Å². The number of hydrogen-bond donors (Lipinski definition) is 2. The van der Waals surface area contributed by atoms with Crippen molar-refractivity contribution in [2.24, 2.45) is 5.73 Å². The number of H-pyrrole nitrogens is 1. The summed E-state index contributed by atoms with van der Waals surface area (Å²) < 4.78 is 1.43. The van der Waals surface area contributed by atoms with Gasteiger partial charge in [-0.25, -0.2) is 9.50 Å². The van der Waals surface area contributed by atoms with Gasteiger partial charge in [0.25, 0.3) is 5.56 Å². The van der Waals surface area contributed by atoms with Gasteiger partial charge in [-0.05, 0) is 18.4 Å². The molecule has 0 amide bonds. The van der Waals surface area contributed by atoms with E-state index in [4.69, 9.17) is 5.73 Å². The van der Waals surface area contributed by atoms with E-state index in [1.54, 1.807) is 11.3 Å². The summed E-state index contributed by atoms with van der Waals surface area (Å²) in [6.07, 6.45) is 0. The Morgan fingerprint density at radius 2 is 2.33 bits per heavy atom. The molecule has 3 aromatic heterocycles. The van der Waals surface area contributed by atoms with E-state index in [9.17, 15) is 4.79 Å². The van der Waals surface area contributed by atoms with E-state index >= 15 is 0 Å². The van der Waals surface area contributed by atoms with E-state index in [2.05, 4.69) is 10.1 Å². The van der Waals surface area contributed by atoms with Crippen molar-refractivity contribution in [1.82, 2.24) is 14.6 Å². The molecular formula is C12H12N4OS. The second-order valence-corrected chi connectivity index (χ2v) is 5.10. The van der Waals surface area contributed by atoms with Crippen LogP contribution in [0.15, 0.2) is 34.4 Å². The lowest BCUT2D eigenvalue weighted by Crippen LogP contribution is -2.18. The standard InChI is InChI=1S/C12H12N4OS/c1-7(13)8-6-12(17)16-11(14-8)5-9(15-16)10-3-2-4-18-10/h2-7,15H,13H2,1H3/t7-/m0/s1. The zero-order valence-electron chi connectivity index (χ0n) is 9.75. The van der Waals surface area contributed by atoms with Crippen molar-refractivity contribution in [1.29, 1.82) is 0 Å². The van der Waals surface area contributed by atoms with Gasteiger partial charge < -0.3 is 5.73 Å². The Morgan fingerprint density at radius 3 is 3.00 bits per heavy atom. The summed E-state index contributed by atoms with van der Waals surface area (Å²) in [4.78, 5) is 17.4. The number of aromatic amines is 1. The number of nitrogens with two attached hydrogens (primary N) is 1. The number of nitrogens with one attached hydrogen (secondary N) is 1. The highest BCUT2D eigenvalue weighted by Crippen LogP contribution is 2.23. The first-order chi connectivity index (χ1) is 8.65. The van der Waals surface area contributed by atoms with Gasteiger partial charge in [0.15, 0.2) is 5.65 Å². The van der Waals surface area contributed by atoms with Crippen LogP contribution in [-0.2, 0) is 0 Å². The van der Waals surface area contributed by atoms with E-state index in [1.165, 1.54) is 10.6 Å². The van der Waals surface area contributed by atoms with Crippen LogP contribution in [-0.4, -0.2) is 14.6 Å². The van der Waals surface area contributed by atoms with Crippen molar-refractivity contribution in [2.75, 3.05) is 0 Å². The summed E-state index contributed by atoms with van der Waals surface area (Å²) in [5, 5.41) is 5.03. The summed E-state index contributed by atoms with van der Waals surface area (Å²) in [5.41, 5.74) is 7.70. The van der Waals surface area contributed by atoms with Gasteiger partial charge in [-0.15, -0.1) is 11.3 Å². The molecule has 0 bridgehead atoms. The largest absolute Gasteiger partial charge is 0.323 e. The van der Waals surface area contributed by atoms with Gasteiger partial charge in [-0.2, -0.15) is 0 Å². The average molecular weight is 260 g/mol. The highest BCUT2D eigenvalue weighted by atomic mass is 32.1. The molecule has 0 saturated heterocycles. The predicted octanol–water partition coefficient (Wildman–Crippen LogP) is 1.77. The number of rotatable bonds is 2. The summed E-state index contributed by atoms with van der Waals surface area (Å²) in [6, 6.07) is 7.04. The average Bonchev–Trinajstić information content (AvgIpc) is 2.96. The third-order valence-corrected chi connectivity index (χ3v) is 3.63. The smallest absolute Gasteiger partial charge is 0.272 e. The Bertz CT molecular complexity index is 739. The van der Waals surface area contributed by atoms with Crippen LogP contribution in [0.5, 0.6) is 0 Å². The Hall–Kier alpha value is -1.92. The fraction of sp³-hybridized carbons (Fsp3) is 0.167. The Kier molecular flexibility index (Phi) is 2.53. The monoisotopic (exact) mass is 260 g/mol. The first-order valence-electron chi connectivity index (χ1n) is 5.57. The summed E-state index contributed by atoms with van der Waals surface area (Å²) in [7, 11) is 0. The van der Waals surface area contributed by atoms with Crippen molar-refractivity contribution in [3.63, 3.8) is 0 Å². The van der Waals surface area contributed by atoms with E-state index < -0.39 is 0 Å². The van der Waals surface area contributed by atoms with Crippen molar-refractivity contribution in [3.8, 4) is 10.6 Å². The highest BCUT2D eigenvalue weighted by Gasteiger charge is 2.10. The molecule has 3 aromatic rings. The lowest BCUT2D eigenvalue weighted by molar-refractivity contribution is 0.765. The van der Waals surface area contributed by atoms with Crippen LogP contribution in [0.4, 0.5) is 0 Å². The number of fused-ring (bicyclic) bond motifs is 1. The molecule has 18 heavy (non-hydrogen) atoms.